The van der Waals surface area contributed by atoms with Gasteiger partial charge in [-0.1, -0.05) is 48.7 Å². The molecule has 0 saturated heterocycles. The van der Waals surface area contributed by atoms with Crippen molar-refractivity contribution in [3.05, 3.63) is 0 Å². The van der Waals surface area contributed by atoms with Crippen LogP contribution in [0.1, 0.15) is 27.2 Å². The summed E-state index contributed by atoms with van der Waals surface area (Å²) in [7, 11) is 0. The molecule has 1 rings (SSSR count). The second kappa shape index (κ2) is 7.69. The Morgan fingerprint density at radius 3 is 2.56 bits per heavy atom. The Balaban J connectivity index is 2.39. The Hall–Kier alpha value is 0.180. The molecule has 0 fully saturated rings. The predicted octanol–water partition coefficient (Wildman–Crippen LogP) is 2.49. The van der Waals surface area contributed by atoms with Crippen molar-refractivity contribution < 1.29 is 5.11 Å². The smallest absolute Gasteiger partial charge is 0.175 e. The molecular weight excluding hydrogens is 286 g/mol. The van der Waals surface area contributed by atoms with Gasteiger partial charge in [0.05, 0.1) is 6.61 Å². The summed E-state index contributed by atoms with van der Waals surface area (Å²) in [5.41, 5.74) is -0.214. The quantitative estimate of drug-likeness (QED) is 0.720. The highest BCUT2D eigenvalue weighted by molar-refractivity contribution is 8.02. The van der Waals surface area contributed by atoms with E-state index in [0.29, 0.717) is 6.04 Å². The van der Waals surface area contributed by atoms with Crippen molar-refractivity contribution in [1.82, 2.24) is 15.5 Å². The number of hydrogen-bond acceptors (Lipinski definition) is 7. The first-order valence-electron chi connectivity index (χ1n) is 5.88. The Bertz CT molecular complexity index is 359. The number of hydrogen-bond donors (Lipinski definition) is 2. The number of nitrogens with zero attached hydrogens (tertiary/aromatic N) is 2. The minimum atomic E-state index is -0.214. The summed E-state index contributed by atoms with van der Waals surface area (Å²) in [5, 5.41) is 21.1. The van der Waals surface area contributed by atoms with Gasteiger partial charge in [-0.25, -0.2) is 0 Å². The van der Waals surface area contributed by atoms with Gasteiger partial charge in [-0.3, -0.25) is 0 Å². The fourth-order valence-electron chi connectivity index (χ4n) is 1.60. The Morgan fingerprint density at radius 2 is 2.06 bits per heavy atom. The lowest BCUT2D eigenvalue weighted by atomic mass is 9.99. The Labute approximate surface area is 121 Å². The van der Waals surface area contributed by atoms with Crippen molar-refractivity contribution in [3.63, 3.8) is 0 Å². The lowest BCUT2D eigenvalue weighted by Gasteiger charge is -2.30. The summed E-state index contributed by atoms with van der Waals surface area (Å²) in [6.45, 7) is 6.39. The summed E-state index contributed by atoms with van der Waals surface area (Å²) < 4.78 is 2.01. The molecule has 1 aromatic rings. The molecule has 1 unspecified atom stereocenters. The van der Waals surface area contributed by atoms with Crippen LogP contribution < -0.4 is 5.32 Å². The largest absolute Gasteiger partial charge is 0.394 e. The highest BCUT2D eigenvalue weighted by Crippen LogP contribution is 2.28. The third-order valence-electron chi connectivity index (χ3n) is 2.43. The number of rotatable bonds is 8. The molecule has 104 valence electrons. The van der Waals surface area contributed by atoms with E-state index in [-0.39, 0.29) is 12.1 Å². The second-order valence-electron chi connectivity index (χ2n) is 4.65. The molecule has 7 heteroatoms. The molecule has 0 saturated carbocycles. The minimum absolute atomic E-state index is 0.151. The molecular formula is C11H21N3OS3. The number of aromatic nitrogens is 2. The zero-order valence-electron chi connectivity index (χ0n) is 11.3. The zero-order valence-corrected chi connectivity index (χ0v) is 13.7. The van der Waals surface area contributed by atoms with Crippen LogP contribution in [0.5, 0.6) is 0 Å². The maximum atomic E-state index is 9.47. The van der Waals surface area contributed by atoms with Crippen LogP contribution in [-0.2, 0) is 0 Å². The van der Waals surface area contributed by atoms with Gasteiger partial charge in [0.1, 0.15) is 0 Å². The van der Waals surface area contributed by atoms with E-state index in [0.717, 1.165) is 20.9 Å². The highest BCUT2D eigenvalue weighted by Gasteiger charge is 2.23. The molecule has 0 aliphatic rings. The predicted molar refractivity (Wildman–Crippen MR) is 80.8 cm³/mol. The van der Waals surface area contributed by atoms with Crippen molar-refractivity contribution in [2.75, 3.05) is 18.6 Å². The topological polar surface area (TPSA) is 58.0 Å². The lowest BCUT2D eigenvalue weighted by Crippen LogP contribution is -2.49. The maximum absolute atomic E-state index is 9.47. The van der Waals surface area contributed by atoms with Crippen molar-refractivity contribution >= 4 is 34.9 Å². The molecule has 0 spiro atoms. The zero-order chi connectivity index (χ0) is 13.6. The molecule has 18 heavy (non-hydrogen) atoms. The van der Waals surface area contributed by atoms with Gasteiger partial charge in [-0.05, 0) is 19.6 Å². The molecule has 1 heterocycles. The first-order valence-corrected chi connectivity index (χ1v) is 8.90. The van der Waals surface area contributed by atoms with Crippen molar-refractivity contribution in [1.29, 1.82) is 0 Å². The number of aliphatic hydroxyl groups excluding tert-OH is 1. The molecule has 0 radical (unpaired) electrons. The van der Waals surface area contributed by atoms with Gasteiger partial charge in [0.2, 0.25) is 0 Å². The SMILES string of the molecule is CSc1nnc(SCCC(C)(CO)NC(C)C)s1. The summed E-state index contributed by atoms with van der Waals surface area (Å²) in [6.07, 6.45) is 2.91. The molecule has 2 N–H and O–H groups in total. The van der Waals surface area contributed by atoms with Gasteiger partial charge in [0, 0.05) is 17.3 Å². The second-order valence-corrected chi connectivity index (χ2v) is 8.03. The van der Waals surface area contributed by atoms with Crippen LogP contribution in [0.2, 0.25) is 0 Å². The van der Waals surface area contributed by atoms with E-state index in [2.05, 4.69) is 36.3 Å². The van der Waals surface area contributed by atoms with Crippen LogP contribution in [-0.4, -0.2) is 45.5 Å². The fourth-order valence-corrected chi connectivity index (χ4v) is 4.31. The van der Waals surface area contributed by atoms with E-state index in [9.17, 15) is 5.11 Å². The average Bonchev–Trinajstić information content (AvgIpc) is 2.76. The molecule has 0 amide bonds. The molecule has 0 bridgehead atoms. The molecule has 4 nitrogen and oxygen atoms in total. The summed E-state index contributed by atoms with van der Waals surface area (Å²) in [5.74, 6) is 0.930. The van der Waals surface area contributed by atoms with Crippen LogP contribution in [0, 0.1) is 0 Å². The summed E-state index contributed by atoms with van der Waals surface area (Å²) >= 11 is 4.95. The van der Waals surface area contributed by atoms with Gasteiger partial charge in [0.25, 0.3) is 0 Å². The van der Waals surface area contributed by atoms with Crippen LogP contribution in [0.15, 0.2) is 8.68 Å². The summed E-state index contributed by atoms with van der Waals surface area (Å²) in [6, 6.07) is 0.372. The van der Waals surface area contributed by atoms with Gasteiger partial charge in [-0.2, -0.15) is 0 Å². The molecule has 1 aromatic heterocycles. The van der Waals surface area contributed by atoms with Crippen molar-refractivity contribution in [3.8, 4) is 0 Å². The van der Waals surface area contributed by atoms with Crippen molar-refractivity contribution in [2.24, 2.45) is 0 Å². The average molecular weight is 308 g/mol. The first kappa shape index (κ1) is 16.2. The number of thioether (sulfide) groups is 2. The number of nitrogens with one attached hydrogen (secondary N) is 1. The normalized spacial score (nSPS) is 15.0. The monoisotopic (exact) mass is 307 g/mol. The van der Waals surface area contributed by atoms with E-state index in [1.165, 1.54) is 0 Å². The van der Waals surface area contributed by atoms with Crippen LogP contribution in [0.25, 0.3) is 0 Å². The summed E-state index contributed by atoms with van der Waals surface area (Å²) in [4.78, 5) is 0. The number of aliphatic hydroxyl groups is 1. The molecule has 0 aliphatic carbocycles. The van der Waals surface area contributed by atoms with Crippen molar-refractivity contribution in [2.45, 2.75) is 47.5 Å². The van der Waals surface area contributed by atoms with E-state index in [4.69, 9.17) is 0 Å². The maximum Gasteiger partial charge on any atom is 0.175 e. The minimum Gasteiger partial charge on any atom is -0.394 e. The third kappa shape index (κ3) is 5.44. The third-order valence-corrected chi connectivity index (χ3v) is 5.46. The molecule has 0 aromatic carbocycles. The van der Waals surface area contributed by atoms with Gasteiger partial charge < -0.3 is 10.4 Å². The molecule has 1 atom stereocenters. The Morgan fingerprint density at radius 1 is 1.39 bits per heavy atom. The van der Waals surface area contributed by atoms with Crippen LogP contribution >= 0.6 is 34.9 Å². The van der Waals surface area contributed by atoms with Gasteiger partial charge in [0.15, 0.2) is 8.68 Å². The van der Waals surface area contributed by atoms with Gasteiger partial charge >= 0.3 is 0 Å². The van der Waals surface area contributed by atoms with E-state index >= 15 is 0 Å². The Kier molecular flexibility index (Phi) is 6.94. The standard InChI is InChI=1S/C11H21N3OS3/c1-8(2)12-11(3,7-15)5-6-17-10-14-13-9(16-4)18-10/h8,12,15H,5-7H2,1-4H3. The molecule has 0 aliphatic heterocycles. The van der Waals surface area contributed by atoms with Crippen LogP contribution in [0.3, 0.4) is 0 Å². The first-order chi connectivity index (χ1) is 8.49. The van der Waals surface area contributed by atoms with E-state index in [1.54, 1.807) is 34.9 Å². The lowest BCUT2D eigenvalue weighted by molar-refractivity contribution is 0.162. The highest BCUT2D eigenvalue weighted by atomic mass is 32.2. The van der Waals surface area contributed by atoms with Gasteiger partial charge in [-0.15, -0.1) is 10.2 Å². The van der Waals surface area contributed by atoms with E-state index < -0.39 is 0 Å². The van der Waals surface area contributed by atoms with E-state index in [1.807, 2.05) is 6.26 Å². The fraction of sp³-hybridized carbons (Fsp3) is 0.818. The van der Waals surface area contributed by atoms with Crippen LogP contribution in [0.4, 0.5) is 0 Å².